The van der Waals surface area contributed by atoms with Crippen molar-refractivity contribution in [3.05, 3.63) is 58.9 Å². The Balaban J connectivity index is 0.000000501. The number of Topliss-reactive ketones (excluding diaryl/α,β-unsaturated/α-hetero) is 1. The molecule has 174 valence electrons. The number of aromatic nitrogens is 1. The van der Waals surface area contributed by atoms with E-state index < -0.39 is 0 Å². The quantitative estimate of drug-likeness (QED) is 0.454. The lowest BCUT2D eigenvalue weighted by molar-refractivity contribution is -0.122. The van der Waals surface area contributed by atoms with Gasteiger partial charge in [0.2, 0.25) is 0 Å². The van der Waals surface area contributed by atoms with Crippen LogP contribution in [0.1, 0.15) is 67.9 Å². The summed E-state index contributed by atoms with van der Waals surface area (Å²) in [6.07, 6.45) is 10.9. The summed E-state index contributed by atoms with van der Waals surface area (Å²) in [5.74, 6) is 0.932. The minimum absolute atomic E-state index is 0.0948. The van der Waals surface area contributed by atoms with E-state index in [1.54, 1.807) is 11.8 Å². The Hall–Kier alpha value is -1.59. The second-order valence-electron chi connectivity index (χ2n) is 7.37. The number of ketones is 1. The van der Waals surface area contributed by atoms with E-state index in [-0.39, 0.29) is 17.5 Å². The molecule has 0 radical (unpaired) electrons. The highest BCUT2D eigenvalue weighted by atomic mass is 32.2. The van der Waals surface area contributed by atoms with E-state index in [2.05, 4.69) is 26.2 Å². The Bertz CT molecular complexity index is 875. The summed E-state index contributed by atoms with van der Waals surface area (Å²) in [5.41, 5.74) is 0.135. The van der Waals surface area contributed by atoms with Gasteiger partial charge in [-0.05, 0) is 38.2 Å². The summed E-state index contributed by atoms with van der Waals surface area (Å²) in [6.45, 7) is 16.2. The number of allylic oxidation sites excluding steroid dienone is 3. The minimum atomic E-state index is 0.0948. The Kier molecular flexibility index (Phi) is 15.3. The van der Waals surface area contributed by atoms with E-state index in [1.807, 2.05) is 88.0 Å². The normalized spacial score (nSPS) is 16.7. The molecule has 2 aromatic rings. The van der Waals surface area contributed by atoms with Crippen LogP contribution in [0.3, 0.4) is 0 Å². The minimum Gasteiger partial charge on any atom is -0.299 e. The third-order valence-electron chi connectivity index (χ3n) is 4.32. The van der Waals surface area contributed by atoms with Gasteiger partial charge in [0, 0.05) is 17.7 Å². The van der Waals surface area contributed by atoms with Crippen LogP contribution in [0.15, 0.2) is 53.4 Å². The Morgan fingerprint density at radius 3 is 2.13 bits per heavy atom. The zero-order valence-electron chi connectivity index (χ0n) is 20.7. The van der Waals surface area contributed by atoms with Gasteiger partial charge in [0.25, 0.3) is 5.56 Å². The van der Waals surface area contributed by atoms with Gasteiger partial charge in [-0.15, -0.1) is 0 Å². The van der Waals surface area contributed by atoms with Gasteiger partial charge in [-0.3, -0.25) is 13.5 Å². The van der Waals surface area contributed by atoms with Gasteiger partial charge in [0.1, 0.15) is 5.78 Å². The number of hydrogen-bond acceptors (Lipinski definition) is 4. The summed E-state index contributed by atoms with van der Waals surface area (Å²) in [5, 5.41) is 1.17. The molecule has 0 aliphatic heterocycles. The molecule has 0 amide bonds. The number of benzene rings is 1. The molecule has 1 heterocycles. The van der Waals surface area contributed by atoms with Crippen molar-refractivity contribution in [2.24, 2.45) is 11.8 Å². The summed E-state index contributed by atoms with van der Waals surface area (Å²) in [7, 11) is 0. The number of carbonyl (C=O) groups excluding carboxylic acids is 1. The third kappa shape index (κ3) is 9.20. The predicted octanol–water partition coefficient (Wildman–Crippen LogP) is 7.77. The monoisotopic (exact) mass is 463 g/mol. The topological polar surface area (TPSA) is 39.1 Å². The highest BCUT2D eigenvalue weighted by Gasteiger charge is 2.24. The van der Waals surface area contributed by atoms with Crippen molar-refractivity contribution >= 4 is 39.2 Å². The molecule has 31 heavy (non-hydrogen) atoms. The lowest BCUT2D eigenvalue weighted by Gasteiger charge is -2.21. The van der Waals surface area contributed by atoms with Crippen molar-refractivity contribution in [1.29, 1.82) is 0 Å². The molecule has 0 saturated carbocycles. The number of rotatable bonds is 5. The smallest absolute Gasteiger partial charge is 0.268 e. The first-order valence-electron chi connectivity index (χ1n) is 11.4. The third-order valence-corrected chi connectivity index (χ3v) is 6.65. The van der Waals surface area contributed by atoms with Gasteiger partial charge in [-0.1, -0.05) is 89.5 Å². The molecule has 0 bridgehead atoms. The fourth-order valence-corrected chi connectivity index (χ4v) is 4.75. The molecule has 2 atom stereocenters. The first kappa shape index (κ1) is 29.4. The van der Waals surface area contributed by atoms with Crippen LogP contribution in [-0.4, -0.2) is 21.2 Å². The van der Waals surface area contributed by atoms with E-state index in [1.165, 1.54) is 11.5 Å². The molecular weight excluding hydrogens is 422 g/mol. The Labute approximate surface area is 197 Å². The van der Waals surface area contributed by atoms with Crippen molar-refractivity contribution in [3.8, 4) is 0 Å². The first-order chi connectivity index (χ1) is 14.8. The number of carbonyl (C=O) groups is 1. The van der Waals surface area contributed by atoms with Crippen LogP contribution in [0, 0.1) is 11.8 Å². The van der Waals surface area contributed by atoms with Crippen molar-refractivity contribution in [2.75, 3.05) is 6.26 Å². The molecule has 1 aromatic carbocycles. The molecule has 0 N–H and O–H groups in total. The Morgan fingerprint density at radius 2 is 1.61 bits per heavy atom. The lowest BCUT2D eigenvalue weighted by Crippen LogP contribution is -2.25. The van der Waals surface area contributed by atoms with Crippen LogP contribution in [0.2, 0.25) is 0 Å². The maximum absolute atomic E-state index is 11.9. The summed E-state index contributed by atoms with van der Waals surface area (Å²) < 4.78 is 2.88. The number of fused-ring (bicyclic) bond motifs is 1. The fourth-order valence-electron chi connectivity index (χ4n) is 2.97. The average molecular weight is 464 g/mol. The van der Waals surface area contributed by atoms with Crippen LogP contribution >= 0.6 is 23.3 Å². The van der Waals surface area contributed by atoms with Crippen molar-refractivity contribution in [2.45, 2.75) is 73.1 Å². The molecule has 5 heteroatoms. The molecule has 0 saturated heterocycles. The second kappa shape index (κ2) is 16.1. The highest BCUT2D eigenvalue weighted by Crippen LogP contribution is 2.26. The lowest BCUT2D eigenvalue weighted by atomic mass is 9.91. The molecule has 0 fully saturated rings. The number of thioether (sulfide) groups is 1. The standard InChI is InChI=1S/C12H18OS.C10H11NOS.2C2H6/c1-9(2)8-11(13)10-6-4-5-7-12(10)14-3;1-7(2)11-10(12)8-5-3-4-6-9(8)13-11;2*1-2/h4-7,9-10,12H,8H2,1-3H3;3-7H,1-2H3;2*1-2H3. The van der Waals surface area contributed by atoms with E-state index in [4.69, 9.17) is 0 Å². The summed E-state index contributed by atoms with van der Waals surface area (Å²) in [6, 6.07) is 7.99. The van der Waals surface area contributed by atoms with Gasteiger partial charge >= 0.3 is 0 Å². The Morgan fingerprint density at radius 1 is 1.03 bits per heavy atom. The van der Waals surface area contributed by atoms with Crippen molar-refractivity contribution in [3.63, 3.8) is 0 Å². The van der Waals surface area contributed by atoms with E-state index in [0.29, 0.717) is 23.4 Å². The molecule has 2 unspecified atom stereocenters. The predicted molar refractivity (Wildman–Crippen MR) is 143 cm³/mol. The molecule has 1 aliphatic rings. The van der Waals surface area contributed by atoms with Crippen LogP contribution in [0.25, 0.3) is 10.1 Å². The second-order valence-corrected chi connectivity index (χ2v) is 9.40. The van der Waals surface area contributed by atoms with Crippen molar-refractivity contribution < 1.29 is 4.79 Å². The molecule has 3 rings (SSSR count). The SMILES string of the molecule is CC.CC.CC(C)n1sc2ccccc2c1=O.CSC1C=CC=CC1C(=O)CC(C)C. The van der Waals surface area contributed by atoms with Crippen molar-refractivity contribution in [1.82, 2.24) is 3.96 Å². The average Bonchev–Trinajstić information content (AvgIpc) is 3.13. The van der Waals surface area contributed by atoms with Crippen LogP contribution in [0.5, 0.6) is 0 Å². The number of hydrogen-bond donors (Lipinski definition) is 0. The van der Waals surface area contributed by atoms with Crippen LogP contribution in [0.4, 0.5) is 0 Å². The maximum atomic E-state index is 11.9. The number of nitrogens with zero attached hydrogens (tertiary/aromatic N) is 1. The summed E-state index contributed by atoms with van der Waals surface area (Å²) >= 11 is 3.29. The largest absolute Gasteiger partial charge is 0.299 e. The van der Waals surface area contributed by atoms with Crippen LogP contribution < -0.4 is 5.56 Å². The highest BCUT2D eigenvalue weighted by molar-refractivity contribution is 7.99. The molecule has 1 aliphatic carbocycles. The van der Waals surface area contributed by atoms with E-state index in [9.17, 15) is 9.59 Å². The van der Waals surface area contributed by atoms with E-state index >= 15 is 0 Å². The zero-order valence-corrected chi connectivity index (χ0v) is 22.3. The maximum Gasteiger partial charge on any atom is 0.268 e. The van der Waals surface area contributed by atoms with Gasteiger partial charge in [-0.25, -0.2) is 0 Å². The molecule has 0 spiro atoms. The molecular formula is C26H41NO2S2. The zero-order chi connectivity index (χ0) is 24.0. The van der Waals surface area contributed by atoms with Gasteiger partial charge in [0.05, 0.1) is 16.0 Å². The summed E-state index contributed by atoms with van der Waals surface area (Å²) in [4.78, 5) is 23.6. The molecule has 3 nitrogen and oxygen atoms in total. The first-order valence-corrected chi connectivity index (χ1v) is 13.4. The van der Waals surface area contributed by atoms with Crippen LogP contribution in [-0.2, 0) is 4.79 Å². The van der Waals surface area contributed by atoms with E-state index in [0.717, 1.165) is 10.1 Å². The van der Waals surface area contributed by atoms with Gasteiger partial charge < -0.3 is 0 Å². The van der Waals surface area contributed by atoms with Gasteiger partial charge in [0.15, 0.2) is 0 Å². The fraction of sp³-hybridized carbons (Fsp3) is 0.538. The van der Waals surface area contributed by atoms with Gasteiger partial charge in [-0.2, -0.15) is 11.8 Å². The molecule has 1 aromatic heterocycles.